The highest BCUT2D eigenvalue weighted by Crippen LogP contribution is 2.28. The normalized spacial score (nSPS) is 12.1. The van der Waals surface area contributed by atoms with Gasteiger partial charge in [-0.15, -0.1) is 23.1 Å². The summed E-state index contributed by atoms with van der Waals surface area (Å²) in [5.41, 5.74) is 0.684. The maximum atomic E-state index is 12.3. The number of hydrogen-bond acceptors (Lipinski definition) is 4. The number of thiophene rings is 1. The summed E-state index contributed by atoms with van der Waals surface area (Å²) in [6.45, 7) is 0.412. The lowest BCUT2D eigenvalue weighted by atomic mass is 10.2. The number of benzene rings is 1. The van der Waals surface area contributed by atoms with Gasteiger partial charge in [0.2, 0.25) is 0 Å². The van der Waals surface area contributed by atoms with Gasteiger partial charge in [0, 0.05) is 23.4 Å². The van der Waals surface area contributed by atoms with Crippen molar-refractivity contribution in [3.8, 4) is 0 Å². The largest absolute Gasteiger partial charge is 0.374 e. The fraction of sp³-hybridized carbons (Fsp3) is 0.267. The highest BCUT2D eigenvalue weighted by atomic mass is 35.5. The van der Waals surface area contributed by atoms with Gasteiger partial charge >= 0.3 is 0 Å². The summed E-state index contributed by atoms with van der Waals surface area (Å²) in [5, 5.41) is 2.92. The van der Waals surface area contributed by atoms with Crippen LogP contribution in [0.3, 0.4) is 0 Å². The van der Waals surface area contributed by atoms with Gasteiger partial charge in [-0.3, -0.25) is 4.79 Å². The Morgan fingerprint density at radius 1 is 1.38 bits per heavy atom. The lowest BCUT2D eigenvalue weighted by molar-refractivity contribution is 0.0835. The van der Waals surface area contributed by atoms with Gasteiger partial charge in [0.1, 0.15) is 6.10 Å². The molecule has 1 atom stereocenters. The summed E-state index contributed by atoms with van der Waals surface area (Å²) in [5.74, 6) is -0.0929. The molecule has 0 saturated carbocycles. The first-order valence-electron chi connectivity index (χ1n) is 6.35. The van der Waals surface area contributed by atoms with Crippen molar-refractivity contribution in [1.82, 2.24) is 5.32 Å². The number of amides is 1. The fourth-order valence-electron chi connectivity index (χ4n) is 1.91. The highest BCUT2D eigenvalue weighted by molar-refractivity contribution is 7.98. The van der Waals surface area contributed by atoms with E-state index in [1.807, 2.05) is 42.7 Å². The van der Waals surface area contributed by atoms with E-state index in [0.717, 1.165) is 9.77 Å². The SMILES string of the molecule is CO[C@@H](CNC(=O)c1ccccc1SC)c1ccc(Cl)s1. The molecule has 6 heteroatoms. The first-order chi connectivity index (χ1) is 10.2. The molecule has 1 aromatic carbocycles. The number of hydrogen-bond donors (Lipinski definition) is 1. The smallest absolute Gasteiger partial charge is 0.252 e. The molecule has 0 radical (unpaired) electrons. The molecular formula is C15H16ClNO2S2. The monoisotopic (exact) mass is 341 g/mol. The molecule has 112 valence electrons. The number of carbonyl (C=O) groups is 1. The van der Waals surface area contributed by atoms with E-state index in [2.05, 4.69) is 5.32 Å². The molecule has 3 nitrogen and oxygen atoms in total. The average molecular weight is 342 g/mol. The quantitative estimate of drug-likeness (QED) is 0.798. The maximum absolute atomic E-state index is 12.3. The second-order valence-electron chi connectivity index (χ2n) is 4.28. The van der Waals surface area contributed by atoms with E-state index < -0.39 is 0 Å². The Morgan fingerprint density at radius 3 is 2.76 bits per heavy atom. The van der Waals surface area contributed by atoms with E-state index >= 15 is 0 Å². The predicted molar refractivity (Wildman–Crippen MR) is 89.6 cm³/mol. The molecule has 1 aromatic heterocycles. The summed E-state index contributed by atoms with van der Waals surface area (Å²) < 4.78 is 6.14. The van der Waals surface area contributed by atoms with E-state index in [0.29, 0.717) is 16.4 Å². The minimum atomic E-state index is -0.187. The van der Waals surface area contributed by atoms with Crippen LogP contribution in [0.2, 0.25) is 4.34 Å². The van der Waals surface area contributed by atoms with Crippen LogP contribution in [-0.4, -0.2) is 25.8 Å². The molecule has 0 saturated heterocycles. The van der Waals surface area contributed by atoms with Crippen LogP contribution in [0.15, 0.2) is 41.3 Å². The zero-order chi connectivity index (χ0) is 15.2. The third kappa shape index (κ3) is 4.23. The zero-order valence-electron chi connectivity index (χ0n) is 11.8. The molecule has 0 spiro atoms. The minimum Gasteiger partial charge on any atom is -0.374 e. The average Bonchev–Trinajstić information content (AvgIpc) is 2.94. The van der Waals surface area contributed by atoms with Crippen molar-refractivity contribution >= 4 is 40.6 Å². The van der Waals surface area contributed by atoms with Crippen LogP contribution in [0.4, 0.5) is 0 Å². The van der Waals surface area contributed by atoms with E-state index in [9.17, 15) is 4.79 Å². The Labute approximate surface area is 137 Å². The number of halogens is 1. The van der Waals surface area contributed by atoms with Crippen molar-refractivity contribution in [2.24, 2.45) is 0 Å². The minimum absolute atomic E-state index is 0.0929. The predicted octanol–water partition coefficient (Wildman–Crippen LogP) is 4.24. The van der Waals surface area contributed by atoms with Crippen LogP contribution < -0.4 is 5.32 Å². The molecule has 1 heterocycles. The molecule has 1 amide bonds. The van der Waals surface area contributed by atoms with Gasteiger partial charge in [0.15, 0.2) is 0 Å². The number of nitrogens with one attached hydrogen (secondary N) is 1. The summed E-state index contributed by atoms with van der Waals surface area (Å²) in [4.78, 5) is 14.2. The van der Waals surface area contributed by atoms with Crippen LogP contribution >= 0.6 is 34.7 Å². The molecule has 0 aliphatic rings. The molecule has 2 aromatic rings. The molecule has 0 bridgehead atoms. The molecule has 0 aliphatic heterocycles. The van der Waals surface area contributed by atoms with Crippen molar-refractivity contribution in [2.45, 2.75) is 11.0 Å². The van der Waals surface area contributed by atoms with Crippen LogP contribution in [0.25, 0.3) is 0 Å². The second kappa shape index (κ2) is 7.84. The molecule has 0 unspecified atom stereocenters. The van der Waals surface area contributed by atoms with Crippen molar-refractivity contribution in [2.75, 3.05) is 19.9 Å². The molecular weight excluding hydrogens is 326 g/mol. The van der Waals surface area contributed by atoms with Crippen LogP contribution in [0.1, 0.15) is 21.3 Å². The summed E-state index contributed by atoms with van der Waals surface area (Å²) in [6, 6.07) is 11.3. The first kappa shape index (κ1) is 16.4. The van der Waals surface area contributed by atoms with Gasteiger partial charge in [-0.1, -0.05) is 23.7 Å². The third-order valence-electron chi connectivity index (χ3n) is 3.00. The number of methoxy groups -OCH3 is 1. The molecule has 2 rings (SSSR count). The van der Waals surface area contributed by atoms with Crippen molar-refractivity contribution in [3.05, 3.63) is 51.2 Å². The Morgan fingerprint density at radius 2 is 2.14 bits per heavy atom. The Balaban J connectivity index is 2.02. The van der Waals surface area contributed by atoms with Gasteiger partial charge in [0.25, 0.3) is 5.91 Å². The van der Waals surface area contributed by atoms with Crippen molar-refractivity contribution in [3.63, 3.8) is 0 Å². The standard InChI is InChI=1S/C15H16ClNO2S2/c1-19-11(13-7-8-14(16)21-13)9-17-15(18)10-5-3-4-6-12(10)20-2/h3-8,11H,9H2,1-2H3,(H,17,18)/t11-/m0/s1. The fourth-order valence-corrected chi connectivity index (χ4v) is 3.65. The topological polar surface area (TPSA) is 38.3 Å². The Kier molecular flexibility index (Phi) is 6.11. The van der Waals surface area contributed by atoms with E-state index in [1.54, 1.807) is 18.9 Å². The summed E-state index contributed by atoms with van der Waals surface area (Å²) >= 11 is 8.95. The van der Waals surface area contributed by atoms with Crippen LogP contribution in [-0.2, 0) is 4.74 Å². The van der Waals surface area contributed by atoms with Gasteiger partial charge in [-0.05, 0) is 30.5 Å². The highest BCUT2D eigenvalue weighted by Gasteiger charge is 2.16. The first-order valence-corrected chi connectivity index (χ1v) is 8.77. The zero-order valence-corrected chi connectivity index (χ0v) is 14.1. The third-order valence-corrected chi connectivity index (χ3v) is 5.11. The Bertz CT molecular complexity index is 615. The lowest BCUT2D eigenvalue weighted by Gasteiger charge is -2.15. The number of thioether (sulfide) groups is 1. The molecule has 1 N–H and O–H groups in total. The number of carbonyl (C=O) groups excluding carboxylic acids is 1. The van der Waals surface area contributed by atoms with E-state index in [4.69, 9.17) is 16.3 Å². The van der Waals surface area contributed by atoms with Gasteiger partial charge < -0.3 is 10.1 Å². The Hall–Kier alpha value is -1.01. The lowest BCUT2D eigenvalue weighted by Crippen LogP contribution is -2.29. The second-order valence-corrected chi connectivity index (χ2v) is 6.87. The maximum Gasteiger partial charge on any atom is 0.252 e. The number of ether oxygens (including phenoxy) is 1. The van der Waals surface area contributed by atoms with Crippen LogP contribution in [0, 0.1) is 0 Å². The van der Waals surface area contributed by atoms with Gasteiger partial charge in [-0.2, -0.15) is 0 Å². The van der Waals surface area contributed by atoms with E-state index in [1.165, 1.54) is 11.3 Å². The summed E-state index contributed by atoms with van der Waals surface area (Å²) in [7, 11) is 1.63. The van der Waals surface area contributed by atoms with E-state index in [-0.39, 0.29) is 12.0 Å². The summed E-state index contributed by atoms with van der Waals surface area (Å²) in [6.07, 6.45) is 1.77. The molecule has 0 fully saturated rings. The van der Waals surface area contributed by atoms with Gasteiger partial charge in [-0.25, -0.2) is 0 Å². The molecule has 21 heavy (non-hydrogen) atoms. The van der Waals surface area contributed by atoms with Crippen molar-refractivity contribution < 1.29 is 9.53 Å². The molecule has 0 aliphatic carbocycles. The van der Waals surface area contributed by atoms with Crippen molar-refractivity contribution in [1.29, 1.82) is 0 Å². The van der Waals surface area contributed by atoms with Crippen LogP contribution in [0.5, 0.6) is 0 Å². The van der Waals surface area contributed by atoms with Gasteiger partial charge in [0.05, 0.1) is 9.90 Å². The number of rotatable bonds is 6.